The number of hydrogen-bond acceptors (Lipinski definition) is 3. The van der Waals surface area contributed by atoms with Gasteiger partial charge >= 0.3 is 0 Å². The molecule has 0 radical (unpaired) electrons. The van der Waals surface area contributed by atoms with Crippen LogP contribution in [-0.2, 0) is 0 Å². The molecule has 1 rings (SSSR count). The van der Waals surface area contributed by atoms with Crippen molar-refractivity contribution >= 4 is 17.4 Å². The Labute approximate surface area is 64.4 Å². The van der Waals surface area contributed by atoms with E-state index in [-0.39, 0.29) is 0 Å². The van der Waals surface area contributed by atoms with E-state index >= 15 is 0 Å². The molecule has 0 saturated carbocycles. The summed E-state index contributed by atoms with van der Waals surface area (Å²) in [4.78, 5) is 5.13. The minimum Gasteiger partial charge on any atom is -0.330 e. The molecule has 10 heavy (non-hydrogen) atoms. The standard InChI is InChI=1S/C7H10N2S/c8-4-2-1-3-7-5-9-6-10-7/h1,3,5-6H,2,4,8H2/b3-1+. The number of nitrogens with two attached hydrogens (primary N) is 1. The summed E-state index contributed by atoms with van der Waals surface area (Å²) >= 11 is 1.63. The molecular formula is C7H10N2S. The van der Waals surface area contributed by atoms with Gasteiger partial charge < -0.3 is 5.73 Å². The maximum Gasteiger partial charge on any atom is 0.0797 e. The first kappa shape index (κ1) is 7.44. The Bertz CT molecular complexity index is 191. The van der Waals surface area contributed by atoms with Gasteiger partial charge in [0.1, 0.15) is 0 Å². The number of aromatic nitrogens is 1. The average Bonchev–Trinajstić information content (AvgIpc) is 2.41. The van der Waals surface area contributed by atoms with Crippen LogP contribution in [0.25, 0.3) is 6.08 Å². The minimum atomic E-state index is 0.718. The van der Waals surface area contributed by atoms with Crippen molar-refractivity contribution in [3.63, 3.8) is 0 Å². The van der Waals surface area contributed by atoms with Gasteiger partial charge in [-0.25, -0.2) is 0 Å². The first-order valence-electron chi connectivity index (χ1n) is 3.18. The molecule has 3 heteroatoms. The molecule has 2 nitrogen and oxygen atoms in total. The molecule has 0 aliphatic heterocycles. The van der Waals surface area contributed by atoms with Crippen LogP contribution < -0.4 is 5.73 Å². The largest absolute Gasteiger partial charge is 0.330 e. The van der Waals surface area contributed by atoms with E-state index in [0.717, 1.165) is 13.0 Å². The summed E-state index contributed by atoms with van der Waals surface area (Å²) in [5.41, 5.74) is 7.13. The lowest BCUT2D eigenvalue weighted by Gasteiger charge is -1.82. The van der Waals surface area contributed by atoms with Gasteiger partial charge in [0.25, 0.3) is 0 Å². The Balaban J connectivity index is 2.40. The van der Waals surface area contributed by atoms with Crippen LogP contribution in [0.5, 0.6) is 0 Å². The van der Waals surface area contributed by atoms with Gasteiger partial charge in [-0.2, -0.15) is 0 Å². The van der Waals surface area contributed by atoms with Gasteiger partial charge in [0, 0.05) is 11.1 Å². The second-order valence-electron chi connectivity index (χ2n) is 1.88. The molecule has 0 aliphatic carbocycles. The van der Waals surface area contributed by atoms with E-state index in [9.17, 15) is 0 Å². The van der Waals surface area contributed by atoms with Crippen LogP contribution in [-0.4, -0.2) is 11.5 Å². The molecule has 0 atom stereocenters. The summed E-state index contributed by atoms with van der Waals surface area (Å²) in [6, 6.07) is 0. The topological polar surface area (TPSA) is 38.9 Å². The van der Waals surface area contributed by atoms with E-state index in [1.54, 1.807) is 11.3 Å². The van der Waals surface area contributed by atoms with Crippen LogP contribution in [0.15, 0.2) is 17.8 Å². The molecular weight excluding hydrogens is 144 g/mol. The van der Waals surface area contributed by atoms with Crippen LogP contribution in [0.3, 0.4) is 0 Å². The molecule has 0 saturated heterocycles. The van der Waals surface area contributed by atoms with Crippen molar-refractivity contribution in [3.8, 4) is 0 Å². The fraction of sp³-hybridized carbons (Fsp3) is 0.286. The highest BCUT2D eigenvalue weighted by Gasteiger charge is 1.84. The first-order valence-corrected chi connectivity index (χ1v) is 4.06. The molecule has 0 unspecified atom stereocenters. The van der Waals surface area contributed by atoms with E-state index < -0.39 is 0 Å². The van der Waals surface area contributed by atoms with Gasteiger partial charge in [-0.15, -0.1) is 11.3 Å². The Hall–Kier alpha value is -0.670. The van der Waals surface area contributed by atoms with Crippen molar-refractivity contribution in [1.29, 1.82) is 0 Å². The molecule has 2 N–H and O–H groups in total. The lowest BCUT2D eigenvalue weighted by Crippen LogP contribution is -1.94. The monoisotopic (exact) mass is 154 g/mol. The van der Waals surface area contributed by atoms with Crippen molar-refractivity contribution in [2.24, 2.45) is 5.73 Å². The third kappa shape index (κ3) is 2.29. The molecule has 0 fully saturated rings. The van der Waals surface area contributed by atoms with Gasteiger partial charge in [-0.1, -0.05) is 6.08 Å². The fourth-order valence-corrected chi connectivity index (χ4v) is 1.14. The van der Waals surface area contributed by atoms with Crippen molar-refractivity contribution in [3.05, 3.63) is 22.7 Å². The minimum absolute atomic E-state index is 0.718. The van der Waals surface area contributed by atoms with Crippen LogP contribution in [0.4, 0.5) is 0 Å². The molecule has 0 bridgehead atoms. The quantitative estimate of drug-likeness (QED) is 0.716. The van der Waals surface area contributed by atoms with E-state index in [0.29, 0.717) is 0 Å². The zero-order chi connectivity index (χ0) is 7.23. The second-order valence-corrected chi connectivity index (χ2v) is 2.80. The predicted molar refractivity (Wildman–Crippen MR) is 44.8 cm³/mol. The molecule has 1 aromatic heterocycles. The Kier molecular flexibility index (Phi) is 3.12. The molecule has 1 aromatic rings. The smallest absolute Gasteiger partial charge is 0.0797 e. The van der Waals surface area contributed by atoms with Crippen molar-refractivity contribution in [2.45, 2.75) is 6.42 Å². The summed E-state index contributed by atoms with van der Waals surface area (Å²) in [7, 11) is 0. The highest BCUT2D eigenvalue weighted by molar-refractivity contribution is 7.10. The lowest BCUT2D eigenvalue weighted by atomic mass is 10.3. The number of thiazole rings is 1. The first-order chi connectivity index (χ1) is 4.93. The van der Waals surface area contributed by atoms with Crippen molar-refractivity contribution < 1.29 is 0 Å². The summed E-state index contributed by atoms with van der Waals surface area (Å²) < 4.78 is 0. The van der Waals surface area contributed by atoms with E-state index in [2.05, 4.69) is 11.1 Å². The van der Waals surface area contributed by atoms with Gasteiger partial charge in [0.15, 0.2) is 0 Å². The van der Waals surface area contributed by atoms with Crippen molar-refractivity contribution in [2.75, 3.05) is 6.54 Å². The normalized spacial score (nSPS) is 10.9. The fourth-order valence-electron chi connectivity index (χ4n) is 0.604. The molecule has 54 valence electrons. The summed E-state index contributed by atoms with van der Waals surface area (Å²) in [5.74, 6) is 0. The highest BCUT2D eigenvalue weighted by Crippen LogP contribution is 2.07. The molecule has 0 amide bonds. The maximum absolute atomic E-state index is 5.30. The average molecular weight is 154 g/mol. The molecule has 1 heterocycles. The SMILES string of the molecule is NCC/C=C/c1cncs1. The molecule has 0 spiro atoms. The number of nitrogens with zero attached hydrogens (tertiary/aromatic N) is 1. The summed E-state index contributed by atoms with van der Waals surface area (Å²) in [6.07, 6.45) is 6.90. The van der Waals surface area contributed by atoms with E-state index in [1.807, 2.05) is 17.8 Å². The predicted octanol–water partition coefficient (Wildman–Crippen LogP) is 1.51. The van der Waals surface area contributed by atoms with Crippen LogP contribution in [0.1, 0.15) is 11.3 Å². The highest BCUT2D eigenvalue weighted by atomic mass is 32.1. The summed E-state index contributed by atoms with van der Waals surface area (Å²) in [5, 5.41) is 0. The van der Waals surface area contributed by atoms with Crippen LogP contribution in [0, 0.1) is 0 Å². The molecule has 0 aliphatic rings. The third-order valence-electron chi connectivity index (χ3n) is 1.07. The Morgan fingerprint density at radius 1 is 1.70 bits per heavy atom. The number of hydrogen-bond donors (Lipinski definition) is 1. The van der Waals surface area contributed by atoms with Gasteiger partial charge in [0.05, 0.1) is 5.51 Å². The second kappa shape index (κ2) is 4.19. The van der Waals surface area contributed by atoms with Crippen LogP contribution in [0.2, 0.25) is 0 Å². The van der Waals surface area contributed by atoms with E-state index in [4.69, 9.17) is 5.73 Å². The maximum atomic E-state index is 5.30. The van der Waals surface area contributed by atoms with Gasteiger partial charge in [-0.3, -0.25) is 4.98 Å². The zero-order valence-electron chi connectivity index (χ0n) is 5.66. The Morgan fingerprint density at radius 3 is 3.20 bits per heavy atom. The van der Waals surface area contributed by atoms with E-state index in [1.165, 1.54) is 4.88 Å². The van der Waals surface area contributed by atoms with Gasteiger partial charge in [0.2, 0.25) is 0 Å². The van der Waals surface area contributed by atoms with Gasteiger partial charge in [-0.05, 0) is 19.0 Å². The molecule has 0 aromatic carbocycles. The summed E-state index contributed by atoms with van der Waals surface area (Å²) in [6.45, 7) is 0.718. The van der Waals surface area contributed by atoms with Crippen LogP contribution >= 0.6 is 11.3 Å². The number of rotatable bonds is 3. The third-order valence-corrected chi connectivity index (χ3v) is 1.81. The zero-order valence-corrected chi connectivity index (χ0v) is 6.47. The lowest BCUT2D eigenvalue weighted by molar-refractivity contribution is 1.01. The Morgan fingerprint density at radius 2 is 2.60 bits per heavy atom. The van der Waals surface area contributed by atoms with Crippen molar-refractivity contribution in [1.82, 2.24) is 4.98 Å².